The van der Waals surface area contributed by atoms with Crippen LogP contribution in [0.25, 0.3) is 0 Å². The summed E-state index contributed by atoms with van der Waals surface area (Å²) in [4.78, 5) is 7.37. The van der Waals surface area contributed by atoms with Gasteiger partial charge >= 0.3 is 0 Å². The van der Waals surface area contributed by atoms with Crippen LogP contribution in [0.5, 0.6) is 0 Å². The molecule has 0 atom stereocenters. The Balaban J connectivity index is 1.82. The van der Waals surface area contributed by atoms with Gasteiger partial charge in [-0.25, -0.2) is 4.98 Å². The zero-order valence-electron chi connectivity index (χ0n) is 13.2. The third-order valence-corrected chi connectivity index (χ3v) is 4.81. The average molecular weight is 276 g/mol. The van der Waals surface area contributed by atoms with Gasteiger partial charge in [-0.2, -0.15) is 0 Å². The quantitative estimate of drug-likeness (QED) is 0.916. The molecule has 0 saturated carbocycles. The molecule has 4 nitrogen and oxygen atoms in total. The van der Waals surface area contributed by atoms with Crippen LogP contribution in [0.15, 0.2) is 0 Å². The zero-order valence-corrected chi connectivity index (χ0v) is 13.2. The molecule has 0 aromatic carbocycles. The van der Waals surface area contributed by atoms with E-state index in [1.165, 1.54) is 49.7 Å². The number of nitrogens with zero attached hydrogens (tertiary/aromatic N) is 3. The van der Waals surface area contributed by atoms with Crippen LogP contribution in [0.3, 0.4) is 0 Å². The van der Waals surface area contributed by atoms with Crippen molar-refractivity contribution in [3.05, 3.63) is 17.2 Å². The summed E-state index contributed by atoms with van der Waals surface area (Å²) >= 11 is 0. The highest BCUT2D eigenvalue weighted by molar-refractivity contribution is 5.21. The molecule has 0 bridgehead atoms. The van der Waals surface area contributed by atoms with E-state index in [0.29, 0.717) is 5.92 Å². The number of fused-ring (bicyclic) bond motifs is 1. The van der Waals surface area contributed by atoms with Gasteiger partial charge in [-0.3, -0.25) is 0 Å². The van der Waals surface area contributed by atoms with E-state index in [4.69, 9.17) is 4.98 Å². The monoisotopic (exact) mass is 276 g/mol. The molecule has 1 saturated heterocycles. The number of rotatable bonds is 3. The van der Waals surface area contributed by atoms with Gasteiger partial charge in [0.1, 0.15) is 5.82 Å². The van der Waals surface area contributed by atoms with Crippen molar-refractivity contribution in [3.8, 4) is 0 Å². The molecule has 112 valence electrons. The molecule has 20 heavy (non-hydrogen) atoms. The fraction of sp³-hybridized carbons (Fsp3) is 0.812. The number of hydrogen-bond donors (Lipinski definition) is 1. The lowest BCUT2D eigenvalue weighted by Gasteiger charge is -2.30. The van der Waals surface area contributed by atoms with Crippen LogP contribution in [0.2, 0.25) is 0 Å². The minimum absolute atomic E-state index is 0.520. The van der Waals surface area contributed by atoms with Crippen molar-refractivity contribution in [1.29, 1.82) is 0 Å². The molecule has 4 heteroatoms. The Bertz CT molecular complexity index is 455. The van der Waals surface area contributed by atoms with Crippen LogP contribution in [-0.2, 0) is 19.5 Å². The van der Waals surface area contributed by atoms with Gasteiger partial charge in [0.05, 0.1) is 5.69 Å². The number of imidazole rings is 1. The smallest absolute Gasteiger partial charge is 0.111 e. The van der Waals surface area contributed by atoms with Gasteiger partial charge in [0.2, 0.25) is 0 Å². The van der Waals surface area contributed by atoms with Crippen molar-refractivity contribution in [1.82, 2.24) is 19.8 Å². The zero-order chi connectivity index (χ0) is 14.1. The summed E-state index contributed by atoms with van der Waals surface area (Å²) in [6, 6.07) is 0. The summed E-state index contributed by atoms with van der Waals surface area (Å²) in [5.74, 6) is 2.65. The molecule has 3 rings (SSSR count). The van der Waals surface area contributed by atoms with Gasteiger partial charge in [0.15, 0.2) is 0 Å². The molecule has 1 aromatic heterocycles. The van der Waals surface area contributed by atoms with Crippen molar-refractivity contribution >= 4 is 0 Å². The SMILES string of the molecule is CC(C)c1nc2c(n1CC1CCN(C)CC1)CCNC2. The van der Waals surface area contributed by atoms with Crippen LogP contribution in [-0.4, -0.2) is 41.1 Å². The predicted molar refractivity (Wildman–Crippen MR) is 81.9 cm³/mol. The van der Waals surface area contributed by atoms with Crippen molar-refractivity contribution in [2.75, 3.05) is 26.7 Å². The lowest BCUT2D eigenvalue weighted by Crippen LogP contribution is -2.33. The van der Waals surface area contributed by atoms with Gasteiger partial charge in [-0.05, 0) is 38.9 Å². The first-order valence-electron chi connectivity index (χ1n) is 8.12. The van der Waals surface area contributed by atoms with E-state index in [1.54, 1.807) is 0 Å². The van der Waals surface area contributed by atoms with Crippen LogP contribution in [0.4, 0.5) is 0 Å². The Morgan fingerprint density at radius 3 is 2.75 bits per heavy atom. The Kier molecular flexibility index (Phi) is 4.13. The molecule has 1 aromatic rings. The molecule has 0 unspecified atom stereocenters. The minimum atomic E-state index is 0.520. The van der Waals surface area contributed by atoms with Crippen molar-refractivity contribution < 1.29 is 0 Å². The van der Waals surface area contributed by atoms with E-state index >= 15 is 0 Å². The standard InChI is InChI=1S/C16H28N4/c1-12(2)16-18-14-10-17-7-4-15(14)20(16)11-13-5-8-19(3)9-6-13/h12-13,17H,4-11H2,1-3H3. The lowest BCUT2D eigenvalue weighted by molar-refractivity contribution is 0.203. The first-order valence-corrected chi connectivity index (χ1v) is 8.12. The van der Waals surface area contributed by atoms with Crippen LogP contribution < -0.4 is 5.32 Å². The fourth-order valence-electron chi connectivity index (χ4n) is 3.54. The summed E-state index contributed by atoms with van der Waals surface area (Å²) in [7, 11) is 2.24. The molecule has 1 N–H and O–H groups in total. The van der Waals surface area contributed by atoms with Crippen LogP contribution in [0, 0.1) is 5.92 Å². The Hall–Kier alpha value is -0.870. The highest BCUT2D eigenvalue weighted by Gasteiger charge is 2.24. The number of piperidine rings is 1. The maximum atomic E-state index is 4.92. The molecule has 0 spiro atoms. The molecule has 0 aliphatic carbocycles. The van der Waals surface area contributed by atoms with Gasteiger partial charge in [-0.15, -0.1) is 0 Å². The van der Waals surface area contributed by atoms with Crippen LogP contribution >= 0.6 is 0 Å². The average Bonchev–Trinajstić information content (AvgIpc) is 2.81. The van der Waals surface area contributed by atoms with E-state index in [0.717, 1.165) is 25.4 Å². The molecular formula is C16H28N4. The first kappa shape index (κ1) is 14.1. The second kappa shape index (κ2) is 5.86. The van der Waals surface area contributed by atoms with E-state index < -0.39 is 0 Å². The molecule has 2 aliphatic heterocycles. The number of aromatic nitrogens is 2. The second-order valence-electron chi connectivity index (χ2n) is 6.80. The van der Waals surface area contributed by atoms with E-state index in [2.05, 4.69) is 35.7 Å². The second-order valence-corrected chi connectivity index (χ2v) is 6.80. The molecule has 2 aliphatic rings. The lowest BCUT2D eigenvalue weighted by atomic mass is 9.96. The highest BCUT2D eigenvalue weighted by Crippen LogP contribution is 2.26. The summed E-state index contributed by atoms with van der Waals surface area (Å²) in [5.41, 5.74) is 2.80. The highest BCUT2D eigenvalue weighted by atomic mass is 15.1. The van der Waals surface area contributed by atoms with Crippen LogP contribution in [0.1, 0.15) is 49.8 Å². The molecule has 0 amide bonds. The number of nitrogens with one attached hydrogen (secondary N) is 1. The molecular weight excluding hydrogens is 248 g/mol. The normalized spacial score (nSPS) is 21.4. The van der Waals surface area contributed by atoms with Crippen molar-refractivity contribution in [2.45, 2.75) is 52.1 Å². The van der Waals surface area contributed by atoms with Crippen molar-refractivity contribution in [2.24, 2.45) is 5.92 Å². The third-order valence-electron chi connectivity index (χ3n) is 4.81. The first-order chi connectivity index (χ1) is 9.65. The third kappa shape index (κ3) is 2.77. The largest absolute Gasteiger partial charge is 0.331 e. The molecule has 0 radical (unpaired) electrons. The summed E-state index contributed by atoms with van der Waals surface area (Å²) in [6.45, 7) is 10.3. The maximum absolute atomic E-state index is 4.92. The number of likely N-dealkylation sites (tertiary alicyclic amines) is 1. The van der Waals surface area contributed by atoms with E-state index in [1.807, 2.05) is 0 Å². The van der Waals surface area contributed by atoms with Gasteiger partial charge < -0.3 is 14.8 Å². The van der Waals surface area contributed by atoms with Gasteiger partial charge in [0, 0.05) is 37.7 Å². The summed E-state index contributed by atoms with van der Waals surface area (Å²) in [5, 5.41) is 3.45. The Morgan fingerprint density at radius 1 is 1.30 bits per heavy atom. The number of hydrogen-bond acceptors (Lipinski definition) is 3. The van der Waals surface area contributed by atoms with Gasteiger partial charge in [0.25, 0.3) is 0 Å². The summed E-state index contributed by atoms with van der Waals surface area (Å²) in [6.07, 6.45) is 3.81. The topological polar surface area (TPSA) is 33.1 Å². The minimum Gasteiger partial charge on any atom is -0.331 e. The summed E-state index contributed by atoms with van der Waals surface area (Å²) < 4.78 is 2.57. The fourth-order valence-corrected chi connectivity index (χ4v) is 3.54. The Morgan fingerprint density at radius 2 is 2.05 bits per heavy atom. The molecule has 1 fully saturated rings. The van der Waals surface area contributed by atoms with E-state index in [9.17, 15) is 0 Å². The van der Waals surface area contributed by atoms with Crippen molar-refractivity contribution in [3.63, 3.8) is 0 Å². The Labute approximate surface area is 122 Å². The van der Waals surface area contributed by atoms with Gasteiger partial charge in [-0.1, -0.05) is 13.8 Å². The molecule has 3 heterocycles. The maximum Gasteiger partial charge on any atom is 0.111 e. The predicted octanol–water partition coefficient (Wildman–Crippen LogP) is 1.99. The van der Waals surface area contributed by atoms with E-state index in [-0.39, 0.29) is 0 Å².